The lowest BCUT2D eigenvalue weighted by molar-refractivity contribution is -0.142. The van der Waals surface area contributed by atoms with Gasteiger partial charge in [0.15, 0.2) is 0 Å². The molecule has 1 amide bonds. The molecule has 1 heterocycles. The number of likely N-dealkylation sites (N-methyl/N-ethyl adjacent to an activating group) is 2. The minimum absolute atomic E-state index is 0.0220. The summed E-state index contributed by atoms with van der Waals surface area (Å²) in [6.07, 6.45) is 0. The number of amides is 1. The third-order valence-electron chi connectivity index (χ3n) is 2.21. The van der Waals surface area contributed by atoms with Crippen LogP contribution < -0.4 is 0 Å². The topological polar surface area (TPSA) is 60.9 Å². The Balaban J connectivity index is 2.70. The van der Waals surface area contributed by atoms with E-state index >= 15 is 0 Å². The van der Waals surface area contributed by atoms with Crippen LogP contribution in [0.25, 0.3) is 0 Å². The van der Waals surface area contributed by atoms with Gasteiger partial charge in [-0.2, -0.15) is 0 Å². The zero-order valence-corrected chi connectivity index (χ0v) is 7.86. The highest BCUT2D eigenvalue weighted by molar-refractivity contribution is 5.80. The zero-order chi connectivity index (χ0) is 10.0. The average Bonchev–Trinajstić information content (AvgIpc) is 2.12. The van der Waals surface area contributed by atoms with Gasteiger partial charge in [0, 0.05) is 20.1 Å². The Morgan fingerprint density at radius 2 is 2.08 bits per heavy atom. The van der Waals surface area contributed by atoms with Gasteiger partial charge in [0.2, 0.25) is 5.91 Å². The Bertz CT molecular complexity index is 229. The summed E-state index contributed by atoms with van der Waals surface area (Å²) in [5.74, 6) is -1.33. The second-order valence-corrected chi connectivity index (χ2v) is 3.51. The molecule has 0 saturated carbocycles. The van der Waals surface area contributed by atoms with Gasteiger partial charge >= 0.3 is 5.97 Å². The SMILES string of the molecule is CN1CC(=O)N(C)CC(C(=O)O)C1. The van der Waals surface area contributed by atoms with Crippen LogP contribution in [-0.2, 0) is 9.59 Å². The van der Waals surface area contributed by atoms with Gasteiger partial charge in [-0.3, -0.25) is 14.5 Å². The Hall–Kier alpha value is -1.10. The van der Waals surface area contributed by atoms with Gasteiger partial charge in [0.25, 0.3) is 0 Å². The molecule has 5 heteroatoms. The van der Waals surface area contributed by atoms with Crippen LogP contribution in [0.1, 0.15) is 0 Å². The summed E-state index contributed by atoms with van der Waals surface area (Å²) in [7, 11) is 3.39. The molecule has 0 aromatic carbocycles. The fourth-order valence-electron chi connectivity index (χ4n) is 1.44. The van der Waals surface area contributed by atoms with E-state index in [1.807, 2.05) is 0 Å². The number of rotatable bonds is 1. The predicted octanol–water partition coefficient (Wildman–Crippen LogP) is -0.909. The normalized spacial score (nSPS) is 25.8. The van der Waals surface area contributed by atoms with E-state index in [4.69, 9.17) is 5.11 Å². The molecule has 13 heavy (non-hydrogen) atoms. The van der Waals surface area contributed by atoms with E-state index in [9.17, 15) is 9.59 Å². The summed E-state index contributed by atoms with van der Waals surface area (Å²) in [4.78, 5) is 25.2. The summed E-state index contributed by atoms with van der Waals surface area (Å²) in [6.45, 7) is 1.05. The van der Waals surface area contributed by atoms with Crippen molar-refractivity contribution in [2.45, 2.75) is 0 Å². The van der Waals surface area contributed by atoms with Gasteiger partial charge in [0.1, 0.15) is 0 Å². The number of carboxylic acids is 1. The van der Waals surface area contributed by atoms with Gasteiger partial charge in [0.05, 0.1) is 12.5 Å². The highest BCUT2D eigenvalue weighted by atomic mass is 16.4. The third kappa shape index (κ3) is 2.42. The average molecular weight is 186 g/mol. The van der Waals surface area contributed by atoms with Crippen molar-refractivity contribution in [3.05, 3.63) is 0 Å². The molecular weight excluding hydrogens is 172 g/mol. The van der Waals surface area contributed by atoms with Gasteiger partial charge in [-0.05, 0) is 7.05 Å². The third-order valence-corrected chi connectivity index (χ3v) is 2.21. The minimum Gasteiger partial charge on any atom is -0.481 e. The number of carboxylic acid groups (broad SMARTS) is 1. The Morgan fingerprint density at radius 3 is 2.62 bits per heavy atom. The maximum absolute atomic E-state index is 11.3. The summed E-state index contributed by atoms with van der Waals surface area (Å²) >= 11 is 0. The first-order valence-electron chi connectivity index (χ1n) is 4.16. The monoisotopic (exact) mass is 186 g/mol. The molecule has 0 radical (unpaired) electrons. The van der Waals surface area contributed by atoms with E-state index in [0.717, 1.165) is 0 Å². The van der Waals surface area contributed by atoms with Crippen molar-refractivity contribution >= 4 is 11.9 Å². The first kappa shape index (κ1) is 9.98. The molecule has 74 valence electrons. The number of hydrogen-bond donors (Lipinski definition) is 1. The van der Waals surface area contributed by atoms with Crippen LogP contribution in [0.2, 0.25) is 0 Å². The first-order valence-corrected chi connectivity index (χ1v) is 4.16. The Labute approximate surface area is 76.9 Å². The zero-order valence-electron chi connectivity index (χ0n) is 7.86. The largest absolute Gasteiger partial charge is 0.481 e. The van der Waals surface area contributed by atoms with E-state index in [1.54, 1.807) is 19.0 Å². The van der Waals surface area contributed by atoms with E-state index in [1.165, 1.54) is 4.90 Å². The maximum atomic E-state index is 11.3. The van der Waals surface area contributed by atoms with Crippen molar-refractivity contribution in [2.24, 2.45) is 5.92 Å². The molecule has 1 saturated heterocycles. The fraction of sp³-hybridized carbons (Fsp3) is 0.750. The molecule has 0 spiro atoms. The molecule has 0 aromatic rings. The van der Waals surface area contributed by atoms with Crippen molar-refractivity contribution in [3.8, 4) is 0 Å². The first-order chi connectivity index (χ1) is 6.00. The van der Waals surface area contributed by atoms with Crippen molar-refractivity contribution in [3.63, 3.8) is 0 Å². The molecule has 1 rings (SSSR count). The Morgan fingerprint density at radius 1 is 1.46 bits per heavy atom. The molecular formula is C8H14N2O3. The maximum Gasteiger partial charge on any atom is 0.309 e. The van der Waals surface area contributed by atoms with E-state index in [-0.39, 0.29) is 5.91 Å². The molecule has 1 atom stereocenters. The highest BCUT2D eigenvalue weighted by Crippen LogP contribution is 2.07. The van der Waals surface area contributed by atoms with Crippen LogP contribution in [-0.4, -0.2) is 60.5 Å². The number of nitrogens with zero attached hydrogens (tertiary/aromatic N) is 2. The molecule has 0 aromatic heterocycles. The lowest BCUT2D eigenvalue weighted by Gasteiger charge is -2.16. The summed E-state index contributed by atoms with van der Waals surface area (Å²) < 4.78 is 0. The second kappa shape index (κ2) is 3.74. The molecule has 1 aliphatic rings. The van der Waals surface area contributed by atoms with E-state index in [2.05, 4.69) is 0 Å². The molecule has 1 aliphatic heterocycles. The van der Waals surface area contributed by atoms with Crippen LogP contribution >= 0.6 is 0 Å². The molecule has 1 fully saturated rings. The van der Waals surface area contributed by atoms with Crippen molar-refractivity contribution < 1.29 is 14.7 Å². The van der Waals surface area contributed by atoms with Crippen LogP contribution in [0, 0.1) is 5.92 Å². The van der Waals surface area contributed by atoms with Crippen molar-refractivity contribution in [1.82, 2.24) is 9.80 Å². The van der Waals surface area contributed by atoms with Crippen LogP contribution in [0.3, 0.4) is 0 Å². The standard InChI is InChI=1S/C8H14N2O3/c1-9-3-6(8(12)13)4-10(2)7(11)5-9/h6H,3-5H2,1-2H3,(H,12,13). The number of carbonyl (C=O) groups excluding carboxylic acids is 1. The van der Waals surface area contributed by atoms with E-state index in [0.29, 0.717) is 19.6 Å². The fourth-order valence-corrected chi connectivity index (χ4v) is 1.44. The van der Waals surface area contributed by atoms with E-state index < -0.39 is 11.9 Å². The molecule has 0 bridgehead atoms. The molecule has 5 nitrogen and oxygen atoms in total. The lowest BCUT2D eigenvalue weighted by Crippen LogP contribution is -2.33. The smallest absolute Gasteiger partial charge is 0.309 e. The summed E-state index contributed by atoms with van der Waals surface area (Å²) in [5.41, 5.74) is 0. The van der Waals surface area contributed by atoms with Crippen LogP contribution in [0.4, 0.5) is 0 Å². The van der Waals surface area contributed by atoms with Crippen LogP contribution in [0.15, 0.2) is 0 Å². The number of carbonyl (C=O) groups is 2. The predicted molar refractivity (Wildman–Crippen MR) is 46.3 cm³/mol. The van der Waals surface area contributed by atoms with Gasteiger partial charge in [-0.15, -0.1) is 0 Å². The highest BCUT2D eigenvalue weighted by Gasteiger charge is 2.27. The van der Waals surface area contributed by atoms with Gasteiger partial charge in [-0.25, -0.2) is 0 Å². The summed E-state index contributed by atoms with van der Waals surface area (Å²) in [5, 5.41) is 8.82. The van der Waals surface area contributed by atoms with Gasteiger partial charge < -0.3 is 10.0 Å². The summed E-state index contributed by atoms with van der Waals surface area (Å²) in [6, 6.07) is 0. The lowest BCUT2D eigenvalue weighted by atomic mass is 10.1. The molecule has 1 unspecified atom stereocenters. The molecule has 0 aliphatic carbocycles. The van der Waals surface area contributed by atoms with Crippen molar-refractivity contribution in [2.75, 3.05) is 33.7 Å². The Kier molecular flexibility index (Phi) is 2.87. The minimum atomic E-state index is -0.839. The van der Waals surface area contributed by atoms with Crippen molar-refractivity contribution in [1.29, 1.82) is 0 Å². The van der Waals surface area contributed by atoms with Gasteiger partial charge in [-0.1, -0.05) is 0 Å². The molecule has 1 N–H and O–H groups in total. The quantitative estimate of drug-likeness (QED) is 0.576. The number of hydrogen-bond acceptors (Lipinski definition) is 3. The van der Waals surface area contributed by atoms with Crippen LogP contribution in [0.5, 0.6) is 0 Å². The second-order valence-electron chi connectivity index (χ2n) is 3.51. The number of aliphatic carboxylic acids is 1.